The molecule has 0 aliphatic heterocycles. The fourth-order valence-electron chi connectivity index (χ4n) is 3.06. The van der Waals surface area contributed by atoms with Gasteiger partial charge in [0.2, 0.25) is 11.8 Å². The molecule has 0 heterocycles. The van der Waals surface area contributed by atoms with E-state index < -0.39 is 5.91 Å². The average Bonchev–Trinajstić information content (AvgIpc) is 2.49. The highest BCUT2D eigenvalue weighted by Gasteiger charge is 2.27. The molecule has 0 aromatic heterocycles. The Morgan fingerprint density at radius 1 is 1.26 bits per heavy atom. The maximum absolute atomic E-state index is 11.6. The van der Waals surface area contributed by atoms with Crippen molar-refractivity contribution in [1.29, 1.82) is 0 Å². The number of allylic oxidation sites excluding steroid dienone is 2. The van der Waals surface area contributed by atoms with Crippen molar-refractivity contribution in [2.45, 2.75) is 72.1 Å². The van der Waals surface area contributed by atoms with Crippen LogP contribution in [0.25, 0.3) is 0 Å². The molecule has 0 bridgehead atoms. The first-order chi connectivity index (χ1) is 10.9. The number of carbonyl (C=O) groups excluding carboxylic acids is 2. The fourth-order valence-corrected chi connectivity index (χ4v) is 3.06. The summed E-state index contributed by atoms with van der Waals surface area (Å²) in [5, 5.41) is 12.4. The van der Waals surface area contributed by atoms with Gasteiger partial charge in [0.25, 0.3) is 0 Å². The summed E-state index contributed by atoms with van der Waals surface area (Å²) in [5.74, 6) is -0.582. The maximum atomic E-state index is 11.6. The van der Waals surface area contributed by atoms with Gasteiger partial charge in [0, 0.05) is 25.5 Å². The molecule has 2 amide bonds. The number of carbonyl (C=O) groups is 2. The largest absolute Gasteiger partial charge is 0.289 e. The molecule has 0 aromatic carbocycles. The van der Waals surface area contributed by atoms with Gasteiger partial charge in [0.15, 0.2) is 0 Å². The molecule has 6 nitrogen and oxygen atoms in total. The lowest BCUT2D eigenvalue weighted by atomic mass is 9.72. The van der Waals surface area contributed by atoms with E-state index in [1.165, 1.54) is 24.0 Å². The molecule has 0 atom stereocenters. The number of amides is 2. The summed E-state index contributed by atoms with van der Waals surface area (Å²) in [6.45, 7) is 6.71. The highest BCUT2D eigenvalue weighted by Crippen LogP contribution is 2.41. The number of hydrazone groups is 1. The monoisotopic (exact) mass is 323 g/mol. The van der Waals surface area contributed by atoms with Gasteiger partial charge in [-0.25, -0.2) is 10.9 Å². The smallest absolute Gasteiger partial charge is 0.243 e. The van der Waals surface area contributed by atoms with E-state index in [-0.39, 0.29) is 17.7 Å². The molecule has 1 rings (SSSR count). The number of hydroxylamine groups is 1. The van der Waals surface area contributed by atoms with Crippen molar-refractivity contribution in [2.24, 2.45) is 10.5 Å². The minimum atomic E-state index is -0.429. The van der Waals surface area contributed by atoms with Crippen molar-refractivity contribution in [3.05, 3.63) is 11.1 Å². The molecule has 0 fully saturated rings. The zero-order valence-electron chi connectivity index (χ0n) is 14.4. The highest BCUT2D eigenvalue weighted by atomic mass is 16.5. The lowest BCUT2D eigenvalue weighted by Crippen LogP contribution is -2.21. The highest BCUT2D eigenvalue weighted by molar-refractivity contribution is 5.77. The zero-order chi connectivity index (χ0) is 17.3. The molecule has 1 aliphatic rings. The molecule has 0 saturated carbocycles. The number of hydrogen-bond donors (Lipinski definition) is 3. The number of rotatable bonds is 8. The molecular formula is C17H29N3O3. The Balaban J connectivity index is 2.28. The Bertz CT molecular complexity index is 481. The van der Waals surface area contributed by atoms with E-state index in [4.69, 9.17) is 5.21 Å². The van der Waals surface area contributed by atoms with E-state index in [1.54, 1.807) is 11.7 Å². The van der Waals surface area contributed by atoms with Gasteiger partial charge < -0.3 is 0 Å². The van der Waals surface area contributed by atoms with Crippen molar-refractivity contribution in [3.63, 3.8) is 0 Å². The predicted octanol–water partition coefficient (Wildman–Crippen LogP) is 3.07. The van der Waals surface area contributed by atoms with Crippen LogP contribution < -0.4 is 10.9 Å². The summed E-state index contributed by atoms with van der Waals surface area (Å²) in [6.07, 6.45) is 7.82. The molecule has 6 heteroatoms. The second-order valence-electron chi connectivity index (χ2n) is 6.79. The van der Waals surface area contributed by atoms with Gasteiger partial charge in [-0.3, -0.25) is 14.8 Å². The van der Waals surface area contributed by atoms with Crippen LogP contribution in [0.3, 0.4) is 0 Å². The van der Waals surface area contributed by atoms with Crippen molar-refractivity contribution < 1.29 is 14.8 Å². The van der Waals surface area contributed by atoms with E-state index in [9.17, 15) is 9.59 Å². The molecule has 0 radical (unpaired) electrons. The van der Waals surface area contributed by atoms with Crippen molar-refractivity contribution in [2.75, 3.05) is 0 Å². The minimum absolute atomic E-state index is 0.153. The summed E-state index contributed by atoms with van der Waals surface area (Å²) in [7, 11) is 0. The van der Waals surface area contributed by atoms with Crippen LogP contribution in [0.5, 0.6) is 0 Å². The first-order valence-corrected chi connectivity index (χ1v) is 8.29. The van der Waals surface area contributed by atoms with E-state index in [1.807, 2.05) is 0 Å². The summed E-state index contributed by atoms with van der Waals surface area (Å²) >= 11 is 0. The molecule has 0 spiro atoms. The quantitative estimate of drug-likeness (QED) is 0.211. The Kier molecular flexibility index (Phi) is 7.95. The normalized spacial score (nSPS) is 17.4. The van der Waals surface area contributed by atoms with Crippen LogP contribution in [0.2, 0.25) is 0 Å². The molecule has 23 heavy (non-hydrogen) atoms. The van der Waals surface area contributed by atoms with E-state index in [0.29, 0.717) is 19.3 Å². The average molecular weight is 323 g/mol. The van der Waals surface area contributed by atoms with Crippen LogP contribution in [0.4, 0.5) is 0 Å². The SMILES string of the molecule is CC1=C(C/C=N/NC(=O)CCCCC(=O)NO)C(C)(C)CCC1. The van der Waals surface area contributed by atoms with Crippen LogP contribution in [0, 0.1) is 5.41 Å². The summed E-state index contributed by atoms with van der Waals surface area (Å²) in [5.41, 5.74) is 7.18. The van der Waals surface area contributed by atoms with Gasteiger partial charge in [-0.05, 0) is 44.4 Å². The van der Waals surface area contributed by atoms with Gasteiger partial charge in [0.1, 0.15) is 0 Å². The molecule has 1 aliphatic carbocycles. The van der Waals surface area contributed by atoms with Crippen LogP contribution in [-0.4, -0.2) is 23.2 Å². The van der Waals surface area contributed by atoms with Gasteiger partial charge >= 0.3 is 0 Å². The molecular weight excluding hydrogens is 294 g/mol. The number of hydrogen-bond acceptors (Lipinski definition) is 4. The molecule has 3 N–H and O–H groups in total. The Hall–Kier alpha value is -1.69. The summed E-state index contributed by atoms with van der Waals surface area (Å²) < 4.78 is 0. The second-order valence-corrected chi connectivity index (χ2v) is 6.79. The third-order valence-electron chi connectivity index (χ3n) is 4.44. The first-order valence-electron chi connectivity index (χ1n) is 8.29. The molecule has 0 aromatic rings. The second kappa shape index (κ2) is 9.45. The minimum Gasteiger partial charge on any atom is -0.289 e. The van der Waals surface area contributed by atoms with Crippen LogP contribution in [0.1, 0.15) is 72.1 Å². The molecule has 0 saturated heterocycles. The van der Waals surface area contributed by atoms with Crippen LogP contribution in [0.15, 0.2) is 16.2 Å². The van der Waals surface area contributed by atoms with Crippen molar-refractivity contribution in [1.82, 2.24) is 10.9 Å². The summed E-state index contributed by atoms with van der Waals surface area (Å²) in [6, 6.07) is 0. The zero-order valence-corrected chi connectivity index (χ0v) is 14.4. The number of unbranched alkanes of at least 4 members (excludes halogenated alkanes) is 1. The topological polar surface area (TPSA) is 90.8 Å². The Morgan fingerprint density at radius 3 is 2.52 bits per heavy atom. The lowest BCUT2D eigenvalue weighted by molar-refractivity contribution is -0.129. The Labute approximate surface area is 138 Å². The van der Waals surface area contributed by atoms with Gasteiger partial charge in [-0.2, -0.15) is 5.10 Å². The van der Waals surface area contributed by atoms with Crippen LogP contribution in [-0.2, 0) is 9.59 Å². The van der Waals surface area contributed by atoms with E-state index in [0.717, 1.165) is 12.8 Å². The van der Waals surface area contributed by atoms with Crippen molar-refractivity contribution >= 4 is 18.0 Å². The standard InChI is InChI=1S/C17H29N3O3/c1-13-7-6-11-17(2,3)14(13)10-12-18-19-15(21)8-4-5-9-16(22)20-23/h12,23H,4-11H2,1-3H3,(H,19,21)(H,20,22)/b18-12+. The van der Waals surface area contributed by atoms with Gasteiger partial charge in [-0.15, -0.1) is 0 Å². The predicted molar refractivity (Wildman–Crippen MR) is 90.0 cm³/mol. The third-order valence-corrected chi connectivity index (χ3v) is 4.44. The maximum Gasteiger partial charge on any atom is 0.243 e. The van der Waals surface area contributed by atoms with E-state index in [2.05, 4.69) is 31.3 Å². The lowest BCUT2D eigenvalue weighted by Gasteiger charge is -2.34. The molecule has 130 valence electrons. The van der Waals surface area contributed by atoms with Gasteiger partial charge in [-0.1, -0.05) is 25.0 Å². The third kappa shape index (κ3) is 6.95. The fraction of sp³-hybridized carbons (Fsp3) is 0.706. The molecule has 0 unspecified atom stereocenters. The van der Waals surface area contributed by atoms with E-state index >= 15 is 0 Å². The number of nitrogens with one attached hydrogen (secondary N) is 2. The van der Waals surface area contributed by atoms with Crippen molar-refractivity contribution in [3.8, 4) is 0 Å². The number of nitrogens with zero attached hydrogens (tertiary/aromatic N) is 1. The first kappa shape index (κ1) is 19.4. The summed E-state index contributed by atoms with van der Waals surface area (Å²) in [4.78, 5) is 22.4. The van der Waals surface area contributed by atoms with Gasteiger partial charge in [0.05, 0.1) is 0 Å². The van der Waals surface area contributed by atoms with Crippen LogP contribution >= 0.6 is 0 Å². The Morgan fingerprint density at radius 2 is 1.91 bits per heavy atom.